The Morgan fingerprint density at radius 2 is 1.77 bits per heavy atom. The molecule has 2 heteroatoms. The summed E-state index contributed by atoms with van der Waals surface area (Å²) in [5, 5.41) is 0. The Morgan fingerprint density at radius 3 is 2.31 bits per heavy atom. The number of rotatable bonds is 4. The van der Waals surface area contributed by atoms with Gasteiger partial charge in [0, 0.05) is 12.0 Å². The van der Waals surface area contributed by atoms with Gasteiger partial charge in [-0.3, -0.25) is 9.59 Å². The molecular weight excluding hydrogens is 164 g/mol. The summed E-state index contributed by atoms with van der Waals surface area (Å²) >= 11 is 0. The second-order valence-corrected chi connectivity index (χ2v) is 2.86. The van der Waals surface area contributed by atoms with Crippen molar-refractivity contribution in [3.63, 3.8) is 0 Å². The van der Waals surface area contributed by atoms with Crippen molar-refractivity contribution < 1.29 is 9.59 Å². The van der Waals surface area contributed by atoms with E-state index in [0.717, 1.165) is 0 Å². The molecule has 2 nitrogen and oxygen atoms in total. The maximum absolute atomic E-state index is 11.4. The van der Waals surface area contributed by atoms with Gasteiger partial charge in [0.05, 0.1) is 6.42 Å². The lowest BCUT2D eigenvalue weighted by Crippen LogP contribution is -2.06. The number of carbonyl (C=O) groups is 2. The average Bonchev–Trinajstić information content (AvgIpc) is 2.19. The van der Waals surface area contributed by atoms with Crippen LogP contribution >= 0.6 is 0 Å². The van der Waals surface area contributed by atoms with Crippen LogP contribution in [0, 0.1) is 0 Å². The molecule has 0 spiro atoms. The molecule has 13 heavy (non-hydrogen) atoms. The van der Waals surface area contributed by atoms with Crippen LogP contribution in [0.4, 0.5) is 0 Å². The van der Waals surface area contributed by atoms with Crippen molar-refractivity contribution in [1.82, 2.24) is 0 Å². The fraction of sp³-hybridized carbons (Fsp3) is 0.273. The van der Waals surface area contributed by atoms with Crippen LogP contribution in [-0.4, -0.2) is 11.6 Å². The minimum absolute atomic E-state index is 0.00569. The molecule has 1 aromatic rings. The van der Waals surface area contributed by atoms with Gasteiger partial charge in [-0.25, -0.2) is 0 Å². The molecule has 0 aliphatic heterocycles. The van der Waals surface area contributed by atoms with Crippen LogP contribution in [0.25, 0.3) is 0 Å². The molecule has 0 saturated heterocycles. The van der Waals surface area contributed by atoms with E-state index in [-0.39, 0.29) is 18.0 Å². The SMILES string of the molecule is CCC(=O)CC(=O)c1ccccc1. The van der Waals surface area contributed by atoms with E-state index in [9.17, 15) is 9.59 Å². The fourth-order valence-corrected chi connectivity index (χ4v) is 1.03. The van der Waals surface area contributed by atoms with Crippen LogP contribution in [0.1, 0.15) is 30.1 Å². The molecule has 0 bridgehead atoms. The molecule has 0 fully saturated rings. The molecule has 0 amide bonds. The lowest BCUT2D eigenvalue weighted by molar-refractivity contribution is -0.117. The van der Waals surface area contributed by atoms with Gasteiger partial charge in [-0.15, -0.1) is 0 Å². The molecule has 0 atom stereocenters. The van der Waals surface area contributed by atoms with E-state index in [0.29, 0.717) is 12.0 Å². The molecule has 0 heterocycles. The summed E-state index contributed by atoms with van der Waals surface area (Å²) in [7, 11) is 0. The normalized spacial score (nSPS) is 9.62. The second-order valence-electron chi connectivity index (χ2n) is 2.86. The molecule has 1 rings (SSSR count). The van der Waals surface area contributed by atoms with Crippen molar-refractivity contribution in [1.29, 1.82) is 0 Å². The molecule has 0 aromatic heterocycles. The molecule has 0 aliphatic carbocycles. The van der Waals surface area contributed by atoms with Gasteiger partial charge >= 0.3 is 0 Å². The first-order valence-corrected chi connectivity index (χ1v) is 4.34. The van der Waals surface area contributed by atoms with Crippen molar-refractivity contribution >= 4 is 11.6 Å². The molecule has 0 radical (unpaired) electrons. The first-order valence-electron chi connectivity index (χ1n) is 4.34. The summed E-state index contributed by atoms with van der Waals surface area (Å²) in [6.45, 7) is 1.76. The number of carbonyl (C=O) groups excluding carboxylic acids is 2. The predicted molar refractivity (Wildman–Crippen MR) is 50.7 cm³/mol. The van der Waals surface area contributed by atoms with E-state index < -0.39 is 0 Å². The third-order valence-corrected chi connectivity index (χ3v) is 1.85. The van der Waals surface area contributed by atoms with Crippen LogP contribution in [0.2, 0.25) is 0 Å². The topological polar surface area (TPSA) is 34.1 Å². The van der Waals surface area contributed by atoms with E-state index >= 15 is 0 Å². The van der Waals surface area contributed by atoms with Crippen LogP contribution in [0.3, 0.4) is 0 Å². The molecule has 68 valence electrons. The number of Topliss-reactive ketones (excluding diaryl/α,β-unsaturated/α-hetero) is 2. The highest BCUT2D eigenvalue weighted by Gasteiger charge is 2.08. The highest BCUT2D eigenvalue weighted by molar-refractivity contribution is 6.07. The zero-order valence-corrected chi connectivity index (χ0v) is 7.62. The van der Waals surface area contributed by atoms with Crippen LogP contribution in [-0.2, 0) is 4.79 Å². The van der Waals surface area contributed by atoms with Gasteiger partial charge in [0.2, 0.25) is 0 Å². The highest BCUT2D eigenvalue weighted by atomic mass is 16.1. The highest BCUT2D eigenvalue weighted by Crippen LogP contribution is 2.03. The number of hydrogen-bond acceptors (Lipinski definition) is 2. The van der Waals surface area contributed by atoms with Gasteiger partial charge in [-0.2, -0.15) is 0 Å². The molecule has 0 aliphatic rings. The Morgan fingerprint density at radius 1 is 1.15 bits per heavy atom. The molecule has 0 unspecified atom stereocenters. The summed E-state index contributed by atoms with van der Waals surface area (Å²) in [6, 6.07) is 8.89. The maximum atomic E-state index is 11.4. The summed E-state index contributed by atoms with van der Waals surface area (Å²) in [5.41, 5.74) is 0.615. The number of ketones is 2. The Labute approximate surface area is 77.6 Å². The molecule has 0 saturated carbocycles. The smallest absolute Gasteiger partial charge is 0.170 e. The van der Waals surface area contributed by atoms with E-state index in [1.165, 1.54) is 0 Å². The van der Waals surface area contributed by atoms with Crippen LogP contribution < -0.4 is 0 Å². The van der Waals surface area contributed by atoms with Gasteiger partial charge in [-0.05, 0) is 0 Å². The quantitative estimate of drug-likeness (QED) is 0.520. The number of hydrogen-bond donors (Lipinski definition) is 0. The minimum Gasteiger partial charge on any atom is -0.299 e. The van der Waals surface area contributed by atoms with Gasteiger partial charge in [0.1, 0.15) is 5.78 Å². The third kappa shape index (κ3) is 2.82. The zero-order valence-electron chi connectivity index (χ0n) is 7.62. The van der Waals surface area contributed by atoms with Crippen LogP contribution in [0.5, 0.6) is 0 Å². The molecule has 0 N–H and O–H groups in total. The van der Waals surface area contributed by atoms with Crippen molar-refractivity contribution in [3.8, 4) is 0 Å². The lowest BCUT2D eigenvalue weighted by atomic mass is 10.1. The predicted octanol–water partition coefficient (Wildman–Crippen LogP) is 2.24. The summed E-state index contributed by atoms with van der Waals surface area (Å²) < 4.78 is 0. The van der Waals surface area contributed by atoms with Gasteiger partial charge in [0.25, 0.3) is 0 Å². The average molecular weight is 176 g/mol. The summed E-state index contributed by atoms with van der Waals surface area (Å²) in [6.07, 6.45) is 0.457. The summed E-state index contributed by atoms with van der Waals surface area (Å²) in [4.78, 5) is 22.4. The van der Waals surface area contributed by atoms with Crippen molar-refractivity contribution in [2.24, 2.45) is 0 Å². The Hall–Kier alpha value is -1.44. The van der Waals surface area contributed by atoms with E-state index in [1.807, 2.05) is 6.07 Å². The van der Waals surface area contributed by atoms with Crippen LogP contribution in [0.15, 0.2) is 30.3 Å². The van der Waals surface area contributed by atoms with Crippen molar-refractivity contribution in [3.05, 3.63) is 35.9 Å². The van der Waals surface area contributed by atoms with E-state index in [1.54, 1.807) is 31.2 Å². The molecule has 1 aromatic carbocycles. The molecular formula is C11H12O2. The Balaban J connectivity index is 2.65. The van der Waals surface area contributed by atoms with Gasteiger partial charge in [-0.1, -0.05) is 37.3 Å². The van der Waals surface area contributed by atoms with E-state index in [4.69, 9.17) is 0 Å². The van der Waals surface area contributed by atoms with Crippen molar-refractivity contribution in [2.45, 2.75) is 19.8 Å². The largest absolute Gasteiger partial charge is 0.299 e. The second kappa shape index (κ2) is 4.55. The minimum atomic E-state index is -0.0903. The number of benzene rings is 1. The monoisotopic (exact) mass is 176 g/mol. The maximum Gasteiger partial charge on any atom is 0.170 e. The third-order valence-electron chi connectivity index (χ3n) is 1.85. The Bertz CT molecular complexity index is 301. The first kappa shape index (κ1) is 9.65. The first-order chi connectivity index (χ1) is 6.24. The van der Waals surface area contributed by atoms with Crippen molar-refractivity contribution in [2.75, 3.05) is 0 Å². The van der Waals surface area contributed by atoms with Gasteiger partial charge in [0.15, 0.2) is 5.78 Å². The lowest BCUT2D eigenvalue weighted by Gasteiger charge is -1.97. The summed E-state index contributed by atoms with van der Waals surface area (Å²) in [5.74, 6) is -0.0960. The Kier molecular flexibility index (Phi) is 3.38. The standard InChI is InChI=1S/C11H12O2/c1-2-10(12)8-11(13)9-6-4-3-5-7-9/h3-7H,2,8H2,1H3. The fourth-order valence-electron chi connectivity index (χ4n) is 1.03. The zero-order chi connectivity index (χ0) is 9.68. The van der Waals surface area contributed by atoms with Gasteiger partial charge < -0.3 is 0 Å². The van der Waals surface area contributed by atoms with E-state index in [2.05, 4.69) is 0 Å².